The number of phenolic OH excluding ortho intramolecular Hbond substituents is 1. The molecule has 0 aliphatic carbocycles. The van der Waals surface area contributed by atoms with Crippen LogP contribution in [0.2, 0.25) is 0 Å². The van der Waals surface area contributed by atoms with Gasteiger partial charge in [-0.05, 0) is 54.0 Å². The van der Waals surface area contributed by atoms with E-state index in [4.69, 9.17) is 22.9 Å². The Kier molecular flexibility index (Phi) is 3.42. The van der Waals surface area contributed by atoms with Crippen molar-refractivity contribution < 1.29 is 5.11 Å². The SMILES string of the molecule is Nc1cccc(C2(c3ccc(O)cc3)NC(=S)N3CCCN=C32)c1. The Morgan fingerprint density at radius 1 is 1.17 bits per heavy atom. The minimum Gasteiger partial charge on any atom is -0.508 e. The fraction of sp³-hybridized carbons (Fsp3) is 0.222. The minimum atomic E-state index is -0.680. The normalized spacial score (nSPS) is 22.8. The second-order valence-corrected chi connectivity index (χ2v) is 6.45. The van der Waals surface area contributed by atoms with Crippen LogP contribution in [0, 0.1) is 0 Å². The van der Waals surface area contributed by atoms with E-state index in [2.05, 4.69) is 10.2 Å². The zero-order valence-electron chi connectivity index (χ0n) is 13.1. The number of benzene rings is 2. The molecule has 122 valence electrons. The van der Waals surface area contributed by atoms with E-state index in [1.807, 2.05) is 36.4 Å². The van der Waals surface area contributed by atoms with Crippen molar-refractivity contribution in [2.45, 2.75) is 12.0 Å². The third-order valence-corrected chi connectivity index (χ3v) is 4.87. The molecule has 5 nitrogen and oxygen atoms in total. The van der Waals surface area contributed by atoms with E-state index in [1.165, 1.54) is 0 Å². The molecule has 0 aromatic heterocycles. The Bertz CT molecular complexity index is 833. The van der Waals surface area contributed by atoms with Crippen molar-refractivity contribution in [3.8, 4) is 5.75 Å². The number of nitrogens with two attached hydrogens (primary N) is 1. The van der Waals surface area contributed by atoms with Crippen molar-refractivity contribution in [1.29, 1.82) is 0 Å². The van der Waals surface area contributed by atoms with E-state index in [0.717, 1.165) is 36.5 Å². The lowest BCUT2D eigenvalue weighted by molar-refractivity contribution is 0.474. The van der Waals surface area contributed by atoms with Crippen LogP contribution in [-0.2, 0) is 5.54 Å². The van der Waals surface area contributed by atoms with Crippen LogP contribution < -0.4 is 11.1 Å². The van der Waals surface area contributed by atoms with Crippen molar-refractivity contribution in [1.82, 2.24) is 10.2 Å². The van der Waals surface area contributed by atoms with Gasteiger partial charge in [-0.25, -0.2) is 0 Å². The first-order valence-electron chi connectivity index (χ1n) is 7.91. The molecule has 2 aliphatic heterocycles. The van der Waals surface area contributed by atoms with Crippen LogP contribution in [0.5, 0.6) is 5.75 Å². The van der Waals surface area contributed by atoms with Crippen molar-refractivity contribution >= 4 is 28.9 Å². The van der Waals surface area contributed by atoms with Gasteiger partial charge in [-0.3, -0.25) is 4.99 Å². The van der Waals surface area contributed by atoms with Crippen LogP contribution in [0.15, 0.2) is 53.5 Å². The summed E-state index contributed by atoms with van der Waals surface area (Å²) in [4.78, 5) is 6.85. The van der Waals surface area contributed by atoms with Crippen molar-refractivity contribution in [3.63, 3.8) is 0 Å². The molecule has 4 rings (SSSR count). The molecule has 2 aromatic rings. The summed E-state index contributed by atoms with van der Waals surface area (Å²) >= 11 is 5.58. The second kappa shape index (κ2) is 5.49. The molecular weight excluding hydrogens is 320 g/mol. The predicted octanol–water partition coefficient (Wildman–Crippen LogP) is 2.21. The zero-order valence-corrected chi connectivity index (χ0v) is 13.9. The highest BCUT2D eigenvalue weighted by Crippen LogP contribution is 2.39. The molecule has 4 N–H and O–H groups in total. The van der Waals surface area contributed by atoms with Gasteiger partial charge in [0.15, 0.2) is 5.11 Å². The van der Waals surface area contributed by atoms with Gasteiger partial charge >= 0.3 is 0 Å². The lowest BCUT2D eigenvalue weighted by Crippen LogP contribution is -2.46. The summed E-state index contributed by atoms with van der Waals surface area (Å²) in [5.41, 5.74) is 8.00. The molecule has 1 atom stereocenters. The van der Waals surface area contributed by atoms with E-state index < -0.39 is 5.54 Å². The molecule has 0 saturated carbocycles. The highest BCUT2D eigenvalue weighted by Gasteiger charge is 2.50. The summed E-state index contributed by atoms with van der Waals surface area (Å²) in [7, 11) is 0. The Hall–Kier alpha value is -2.60. The van der Waals surface area contributed by atoms with Crippen molar-refractivity contribution in [2.75, 3.05) is 18.8 Å². The smallest absolute Gasteiger partial charge is 0.175 e. The maximum Gasteiger partial charge on any atom is 0.175 e. The fourth-order valence-electron chi connectivity index (χ4n) is 3.46. The van der Waals surface area contributed by atoms with Gasteiger partial charge in [0.25, 0.3) is 0 Å². The summed E-state index contributed by atoms with van der Waals surface area (Å²) < 4.78 is 0. The van der Waals surface area contributed by atoms with Gasteiger partial charge in [0.2, 0.25) is 0 Å². The molecule has 0 bridgehead atoms. The molecule has 2 heterocycles. The molecular formula is C18H18N4OS. The summed E-state index contributed by atoms with van der Waals surface area (Å²) in [6, 6.07) is 14.9. The van der Waals surface area contributed by atoms with Gasteiger partial charge in [-0.15, -0.1) is 0 Å². The third kappa shape index (κ3) is 2.14. The average Bonchev–Trinajstić information content (AvgIpc) is 2.90. The van der Waals surface area contributed by atoms with E-state index in [1.54, 1.807) is 12.1 Å². The molecule has 0 spiro atoms. The number of aromatic hydroxyl groups is 1. The topological polar surface area (TPSA) is 73.9 Å². The molecule has 2 aliphatic rings. The third-order valence-electron chi connectivity index (χ3n) is 4.55. The maximum atomic E-state index is 9.68. The highest BCUT2D eigenvalue weighted by molar-refractivity contribution is 7.80. The van der Waals surface area contributed by atoms with E-state index in [0.29, 0.717) is 10.8 Å². The number of phenols is 1. The summed E-state index contributed by atoms with van der Waals surface area (Å²) in [5.74, 6) is 1.12. The van der Waals surface area contributed by atoms with Gasteiger partial charge < -0.3 is 21.1 Å². The number of hydrogen-bond donors (Lipinski definition) is 3. The Morgan fingerprint density at radius 3 is 2.71 bits per heavy atom. The second-order valence-electron chi connectivity index (χ2n) is 6.06. The van der Waals surface area contributed by atoms with E-state index in [9.17, 15) is 5.11 Å². The molecule has 2 aromatic carbocycles. The Balaban J connectivity index is 1.98. The molecule has 1 saturated heterocycles. The number of fused-ring (bicyclic) bond motifs is 1. The largest absolute Gasteiger partial charge is 0.508 e. The number of nitrogens with zero attached hydrogens (tertiary/aromatic N) is 2. The van der Waals surface area contributed by atoms with Crippen LogP contribution in [0.4, 0.5) is 5.69 Å². The van der Waals surface area contributed by atoms with E-state index in [-0.39, 0.29) is 5.75 Å². The van der Waals surface area contributed by atoms with Gasteiger partial charge in [0.1, 0.15) is 17.1 Å². The molecule has 1 fully saturated rings. The highest BCUT2D eigenvalue weighted by atomic mass is 32.1. The number of nitrogen functional groups attached to an aromatic ring is 1. The van der Waals surface area contributed by atoms with Crippen LogP contribution in [0.3, 0.4) is 0 Å². The van der Waals surface area contributed by atoms with Gasteiger partial charge in [0, 0.05) is 18.8 Å². The molecule has 0 radical (unpaired) electrons. The number of hydrogen-bond acceptors (Lipinski definition) is 4. The van der Waals surface area contributed by atoms with Crippen molar-refractivity contribution in [2.24, 2.45) is 4.99 Å². The first-order chi connectivity index (χ1) is 11.6. The van der Waals surface area contributed by atoms with Gasteiger partial charge in [0.05, 0.1) is 0 Å². The lowest BCUT2D eigenvalue weighted by Gasteiger charge is -2.33. The number of thiocarbonyl (C=S) groups is 1. The number of nitrogens with one attached hydrogen (secondary N) is 1. The number of aliphatic imine (C=N–C) groups is 1. The molecule has 24 heavy (non-hydrogen) atoms. The predicted molar refractivity (Wildman–Crippen MR) is 99.1 cm³/mol. The van der Waals surface area contributed by atoms with Gasteiger partial charge in [-0.1, -0.05) is 24.3 Å². The van der Waals surface area contributed by atoms with Crippen LogP contribution in [-0.4, -0.2) is 34.0 Å². The van der Waals surface area contributed by atoms with Crippen LogP contribution >= 0.6 is 12.2 Å². The number of anilines is 1. The monoisotopic (exact) mass is 338 g/mol. The summed E-state index contributed by atoms with van der Waals surface area (Å²) in [6.45, 7) is 1.63. The Labute approximate surface area is 145 Å². The molecule has 1 unspecified atom stereocenters. The summed E-state index contributed by atoms with van der Waals surface area (Å²) in [6.07, 6.45) is 0.980. The molecule has 6 heteroatoms. The summed E-state index contributed by atoms with van der Waals surface area (Å²) in [5, 5.41) is 13.8. The van der Waals surface area contributed by atoms with Crippen molar-refractivity contribution in [3.05, 3.63) is 59.7 Å². The number of rotatable bonds is 2. The minimum absolute atomic E-state index is 0.226. The van der Waals surface area contributed by atoms with Crippen LogP contribution in [0.25, 0.3) is 0 Å². The van der Waals surface area contributed by atoms with Gasteiger partial charge in [-0.2, -0.15) is 0 Å². The molecule has 0 amide bonds. The van der Waals surface area contributed by atoms with E-state index >= 15 is 0 Å². The first kappa shape index (κ1) is 15.0. The number of amidine groups is 1. The lowest BCUT2D eigenvalue weighted by atomic mass is 9.81. The standard InChI is InChI=1S/C18H18N4OS/c19-14-4-1-3-13(11-14)18(12-5-7-15(23)8-6-12)16-20-9-2-10-22(16)17(24)21-18/h1,3-8,11,23H,2,9-10,19H2,(H,21,24). The fourth-order valence-corrected chi connectivity index (χ4v) is 3.79. The van der Waals surface area contributed by atoms with Crippen LogP contribution in [0.1, 0.15) is 17.5 Å². The maximum absolute atomic E-state index is 9.68. The zero-order chi connectivity index (χ0) is 16.7. The first-order valence-corrected chi connectivity index (χ1v) is 8.32. The average molecular weight is 338 g/mol. The quantitative estimate of drug-likeness (QED) is 0.578. The Morgan fingerprint density at radius 2 is 1.96 bits per heavy atom.